The monoisotopic (exact) mass is 252 g/mol. The normalized spacial score (nSPS) is 33.4. The van der Waals surface area contributed by atoms with Crippen LogP contribution in [0.4, 0.5) is 4.79 Å². The van der Waals surface area contributed by atoms with Crippen LogP contribution in [0.15, 0.2) is 0 Å². The summed E-state index contributed by atoms with van der Waals surface area (Å²) < 4.78 is 5.26. The first-order valence-electron chi connectivity index (χ1n) is 6.89. The Hall–Kier alpha value is -1.10. The van der Waals surface area contributed by atoms with Gasteiger partial charge in [0.25, 0.3) is 5.91 Å². The van der Waals surface area contributed by atoms with E-state index in [1.165, 1.54) is 11.3 Å². The van der Waals surface area contributed by atoms with Crippen molar-refractivity contribution in [2.45, 2.75) is 56.7 Å². The molecule has 2 aliphatic heterocycles. The van der Waals surface area contributed by atoms with Crippen molar-refractivity contribution in [3.8, 4) is 0 Å². The van der Waals surface area contributed by atoms with Crippen molar-refractivity contribution in [2.24, 2.45) is 0 Å². The van der Waals surface area contributed by atoms with Crippen molar-refractivity contribution >= 4 is 11.9 Å². The molecule has 3 rings (SSSR count). The first-order valence-corrected chi connectivity index (χ1v) is 6.89. The zero-order valence-corrected chi connectivity index (χ0v) is 10.8. The third-order valence-electron chi connectivity index (χ3n) is 4.51. The van der Waals surface area contributed by atoms with Crippen LogP contribution in [-0.4, -0.2) is 53.6 Å². The van der Waals surface area contributed by atoms with Gasteiger partial charge < -0.3 is 9.64 Å². The van der Waals surface area contributed by atoms with E-state index in [0.717, 1.165) is 25.7 Å². The van der Waals surface area contributed by atoms with Crippen molar-refractivity contribution in [1.82, 2.24) is 9.80 Å². The largest absolute Gasteiger partial charge is 0.380 e. The molecule has 3 amide bonds. The molecule has 3 aliphatic rings. The zero-order chi connectivity index (χ0) is 12.7. The van der Waals surface area contributed by atoms with Crippen LogP contribution in [0.2, 0.25) is 0 Å². The second kappa shape index (κ2) is 4.53. The number of imide groups is 1. The van der Waals surface area contributed by atoms with Crippen LogP contribution in [-0.2, 0) is 9.53 Å². The molecule has 0 aromatic heterocycles. The van der Waals surface area contributed by atoms with E-state index in [9.17, 15) is 9.59 Å². The molecule has 5 nitrogen and oxygen atoms in total. The number of ether oxygens (including phenoxy) is 1. The molecule has 0 radical (unpaired) electrons. The Balaban J connectivity index is 1.75. The topological polar surface area (TPSA) is 49.9 Å². The fraction of sp³-hybridized carbons (Fsp3) is 0.846. The molecule has 0 aromatic carbocycles. The highest BCUT2D eigenvalue weighted by Gasteiger charge is 2.52. The van der Waals surface area contributed by atoms with Crippen molar-refractivity contribution in [2.75, 3.05) is 13.7 Å². The van der Waals surface area contributed by atoms with E-state index in [0.29, 0.717) is 13.0 Å². The highest BCUT2D eigenvalue weighted by Crippen LogP contribution is 2.33. The van der Waals surface area contributed by atoms with Gasteiger partial charge in [0.05, 0.1) is 6.10 Å². The summed E-state index contributed by atoms with van der Waals surface area (Å²) in [6.07, 6.45) is 6.13. The van der Waals surface area contributed by atoms with Gasteiger partial charge in [0.2, 0.25) is 0 Å². The van der Waals surface area contributed by atoms with Gasteiger partial charge >= 0.3 is 6.03 Å². The van der Waals surface area contributed by atoms with E-state index in [1.54, 1.807) is 12.0 Å². The van der Waals surface area contributed by atoms with Crippen LogP contribution in [0, 0.1) is 0 Å². The molecule has 1 aliphatic carbocycles. The molecule has 2 saturated heterocycles. The van der Waals surface area contributed by atoms with Gasteiger partial charge in [-0.25, -0.2) is 4.79 Å². The second-order valence-corrected chi connectivity index (χ2v) is 5.54. The van der Waals surface area contributed by atoms with Crippen molar-refractivity contribution < 1.29 is 14.3 Å². The van der Waals surface area contributed by atoms with Crippen molar-refractivity contribution in [3.05, 3.63) is 0 Å². The molecule has 0 bridgehead atoms. The molecule has 0 aromatic rings. The van der Waals surface area contributed by atoms with Gasteiger partial charge in [0.15, 0.2) is 0 Å². The standard InChI is InChI=1S/C13H20N2O3/c1-18-10-7-11-12(16)15(13(17)14(11)8-10)9-5-3-2-4-6-9/h9-11H,2-8H2,1H3. The molecule has 2 atom stereocenters. The SMILES string of the molecule is COC1CC2C(=O)N(C3CCCCC3)C(=O)N2C1. The zero-order valence-electron chi connectivity index (χ0n) is 10.8. The lowest BCUT2D eigenvalue weighted by atomic mass is 9.94. The molecule has 5 heteroatoms. The number of nitrogens with zero attached hydrogens (tertiary/aromatic N) is 2. The average molecular weight is 252 g/mol. The number of amides is 3. The smallest absolute Gasteiger partial charge is 0.327 e. The molecule has 0 spiro atoms. The van der Waals surface area contributed by atoms with Gasteiger partial charge in [-0.15, -0.1) is 0 Å². The number of urea groups is 1. The van der Waals surface area contributed by atoms with E-state index in [1.807, 2.05) is 0 Å². The average Bonchev–Trinajstić information content (AvgIpc) is 2.92. The first-order chi connectivity index (χ1) is 8.72. The number of carbonyl (C=O) groups is 2. The van der Waals surface area contributed by atoms with Crippen LogP contribution in [0.3, 0.4) is 0 Å². The number of hydrogen-bond acceptors (Lipinski definition) is 3. The van der Waals surface area contributed by atoms with Gasteiger partial charge in [0.1, 0.15) is 6.04 Å². The fourth-order valence-corrected chi connectivity index (χ4v) is 3.48. The maximum absolute atomic E-state index is 12.4. The quantitative estimate of drug-likeness (QED) is 0.697. The summed E-state index contributed by atoms with van der Waals surface area (Å²) in [7, 11) is 1.64. The number of carbonyl (C=O) groups excluding carboxylic acids is 2. The van der Waals surface area contributed by atoms with E-state index in [-0.39, 0.29) is 30.1 Å². The summed E-state index contributed by atoms with van der Waals surface area (Å²) in [5, 5.41) is 0. The summed E-state index contributed by atoms with van der Waals surface area (Å²) in [5.74, 6) is 0.00597. The lowest BCUT2D eigenvalue weighted by Crippen LogP contribution is -2.43. The Morgan fingerprint density at radius 2 is 1.89 bits per heavy atom. The summed E-state index contributed by atoms with van der Waals surface area (Å²) in [4.78, 5) is 27.9. The van der Waals surface area contributed by atoms with Crippen LogP contribution in [0.5, 0.6) is 0 Å². The number of hydrogen-bond donors (Lipinski definition) is 0. The van der Waals surface area contributed by atoms with E-state index in [2.05, 4.69) is 0 Å². The summed E-state index contributed by atoms with van der Waals surface area (Å²) in [6, 6.07) is -0.203. The van der Waals surface area contributed by atoms with Gasteiger partial charge in [-0.3, -0.25) is 9.69 Å². The third-order valence-corrected chi connectivity index (χ3v) is 4.51. The van der Waals surface area contributed by atoms with E-state index < -0.39 is 0 Å². The van der Waals surface area contributed by atoms with Crippen LogP contribution < -0.4 is 0 Å². The van der Waals surface area contributed by atoms with Crippen molar-refractivity contribution in [1.29, 1.82) is 0 Å². The Labute approximate surface area is 107 Å². The molecule has 2 unspecified atom stereocenters. The van der Waals surface area contributed by atoms with Crippen molar-refractivity contribution in [3.63, 3.8) is 0 Å². The lowest BCUT2D eigenvalue weighted by Gasteiger charge is -2.29. The minimum Gasteiger partial charge on any atom is -0.380 e. The van der Waals surface area contributed by atoms with Gasteiger partial charge in [-0.05, 0) is 12.8 Å². The summed E-state index contributed by atoms with van der Waals surface area (Å²) in [5.41, 5.74) is 0. The molecular weight excluding hydrogens is 232 g/mol. The highest BCUT2D eigenvalue weighted by molar-refractivity contribution is 6.05. The van der Waals surface area contributed by atoms with Crippen LogP contribution >= 0.6 is 0 Å². The molecule has 2 heterocycles. The second-order valence-electron chi connectivity index (χ2n) is 5.54. The Morgan fingerprint density at radius 1 is 1.17 bits per heavy atom. The molecule has 0 N–H and O–H groups in total. The Morgan fingerprint density at radius 3 is 2.50 bits per heavy atom. The van der Waals surface area contributed by atoms with Gasteiger partial charge in [-0.1, -0.05) is 19.3 Å². The Bertz CT molecular complexity index is 341. The first kappa shape index (κ1) is 12.0. The maximum Gasteiger partial charge on any atom is 0.327 e. The fourth-order valence-electron chi connectivity index (χ4n) is 3.48. The summed E-state index contributed by atoms with van der Waals surface area (Å²) >= 11 is 0. The predicted molar refractivity (Wildman–Crippen MR) is 65.0 cm³/mol. The van der Waals surface area contributed by atoms with E-state index in [4.69, 9.17) is 4.74 Å². The van der Waals surface area contributed by atoms with Crippen LogP contribution in [0.25, 0.3) is 0 Å². The molecular formula is C13H20N2O3. The number of methoxy groups -OCH3 is 1. The third kappa shape index (κ3) is 1.72. The minimum absolute atomic E-state index is 0.00597. The van der Waals surface area contributed by atoms with Gasteiger partial charge in [-0.2, -0.15) is 0 Å². The summed E-state index contributed by atoms with van der Waals surface area (Å²) in [6.45, 7) is 0.564. The predicted octanol–water partition coefficient (Wildman–Crippen LogP) is 1.37. The number of fused-ring (bicyclic) bond motifs is 1. The number of rotatable bonds is 2. The molecule has 100 valence electrons. The van der Waals surface area contributed by atoms with Gasteiger partial charge in [0, 0.05) is 26.1 Å². The van der Waals surface area contributed by atoms with Crippen LogP contribution in [0.1, 0.15) is 38.5 Å². The Kier molecular flexibility index (Phi) is 3.01. The molecule has 18 heavy (non-hydrogen) atoms. The maximum atomic E-state index is 12.4. The minimum atomic E-state index is -0.260. The lowest BCUT2D eigenvalue weighted by molar-refractivity contribution is -0.130. The molecule has 3 fully saturated rings. The highest BCUT2D eigenvalue weighted by atomic mass is 16.5. The molecule has 1 saturated carbocycles. The van der Waals surface area contributed by atoms with E-state index >= 15 is 0 Å².